The van der Waals surface area contributed by atoms with Crippen LogP contribution >= 0.6 is 0 Å². The van der Waals surface area contributed by atoms with E-state index in [0.29, 0.717) is 11.5 Å². The summed E-state index contributed by atoms with van der Waals surface area (Å²) in [5.41, 5.74) is 2.41. The molecule has 1 N–H and O–H groups in total. The number of amides is 1. The number of hydrogen-bond donors (Lipinski definition) is 1. The highest BCUT2D eigenvalue weighted by Crippen LogP contribution is 2.30. The average Bonchev–Trinajstić information content (AvgIpc) is 3.12. The van der Waals surface area contributed by atoms with E-state index >= 15 is 0 Å². The molecule has 0 saturated heterocycles. The number of nitrogens with one attached hydrogen (secondary N) is 1. The zero-order valence-electron chi connectivity index (χ0n) is 10.9. The Bertz CT molecular complexity index is 716. The Morgan fingerprint density at radius 2 is 2.32 bits per heavy atom. The molecule has 0 bridgehead atoms. The van der Waals surface area contributed by atoms with Crippen molar-refractivity contribution in [1.29, 1.82) is 0 Å². The molecule has 1 aliphatic rings. The zero-order chi connectivity index (χ0) is 13.4. The van der Waals surface area contributed by atoms with E-state index in [0.717, 1.165) is 24.1 Å². The van der Waals surface area contributed by atoms with Gasteiger partial charge in [0.15, 0.2) is 11.5 Å². The first kappa shape index (κ1) is 11.7. The first-order chi connectivity index (χ1) is 9.17. The van der Waals surface area contributed by atoms with Crippen LogP contribution in [0.15, 0.2) is 12.3 Å². The van der Waals surface area contributed by atoms with Crippen molar-refractivity contribution in [2.45, 2.75) is 26.7 Å². The molecule has 3 rings (SSSR count). The van der Waals surface area contributed by atoms with Gasteiger partial charge in [0.1, 0.15) is 5.69 Å². The maximum Gasteiger partial charge on any atom is 0.228 e. The van der Waals surface area contributed by atoms with E-state index in [1.54, 1.807) is 17.6 Å². The van der Waals surface area contributed by atoms with Crippen molar-refractivity contribution in [2.24, 2.45) is 5.92 Å². The van der Waals surface area contributed by atoms with Gasteiger partial charge in [0, 0.05) is 5.92 Å². The third-order valence-electron chi connectivity index (χ3n) is 3.06. The minimum absolute atomic E-state index is 0.0555. The largest absolute Gasteiger partial charge is 0.309 e. The molecule has 0 radical (unpaired) electrons. The summed E-state index contributed by atoms with van der Waals surface area (Å²) in [6, 6.07) is 1.84. The lowest BCUT2D eigenvalue weighted by atomic mass is 10.3. The molecular weight excluding hydrogens is 240 g/mol. The summed E-state index contributed by atoms with van der Waals surface area (Å²) in [6.07, 6.45) is 3.73. The fourth-order valence-corrected chi connectivity index (χ4v) is 1.95. The lowest BCUT2D eigenvalue weighted by Crippen LogP contribution is -2.15. The molecule has 2 aromatic rings. The zero-order valence-corrected chi connectivity index (χ0v) is 10.9. The average molecular weight is 254 g/mol. The molecule has 1 amide bonds. The minimum atomic E-state index is 0.0555. The van der Waals surface area contributed by atoms with Crippen molar-refractivity contribution in [1.82, 2.24) is 14.6 Å². The predicted molar refractivity (Wildman–Crippen MR) is 71.6 cm³/mol. The van der Waals surface area contributed by atoms with Gasteiger partial charge in [0.2, 0.25) is 5.91 Å². The van der Waals surface area contributed by atoms with Crippen molar-refractivity contribution in [3.63, 3.8) is 0 Å². The fourth-order valence-electron chi connectivity index (χ4n) is 1.95. The van der Waals surface area contributed by atoms with Gasteiger partial charge in [-0.15, -0.1) is 5.10 Å². The summed E-state index contributed by atoms with van der Waals surface area (Å²) in [5, 5.41) is 7.19. The molecule has 5 heteroatoms. The van der Waals surface area contributed by atoms with Crippen molar-refractivity contribution >= 4 is 17.4 Å². The minimum Gasteiger partial charge on any atom is -0.309 e. The van der Waals surface area contributed by atoms with Crippen LogP contribution in [0.5, 0.6) is 0 Å². The van der Waals surface area contributed by atoms with Gasteiger partial charge < -0.3 is 5.32 Å². The Morgan fingerprint density at radius 1 is 1.53 bits per heavy atom. The van der Waals surface area contributed by atoms with Gasteiger partial charge in [0.25, 0.3) is 0 Å². The molecule has 19 heavy (non-hydrogen) atoms. The summed E-state index contributed by atoms with van der Waals surface area (Å²) in [6.45, 7) is 3.71. The SMILES string of the molecule is CC#Cc1cn2nc(NC(=O)C3CC3)cc(C)c2n1. The van der Waals surface area contributed by atoms with Crippen LogP contribution in [0, 0.1) is 24.7 Å². The van der Waals surface area contributed by atoms with Crippen molar-refractivity contribution < 1.29 is 4.79 Å². The van der Waals surface area contributed by atoms with Crippen molar-refractivity contribution in [2.75, 3.05) is 5.32 Å². The number of carbonyl (C=O) groups excluding carboxylic acids is 1. The first-order valence-electron chi connectivity index (χ1n) is 6.28. The van der Waals surface area contributed by atoms with E-state index in [4.69, 9.17) is 0 Å². The normalized spacial score (nSPS) is 14.0. The molecule has 1 aliphatic carbocycles. The predicted octanol–water partition coefficient (Wildman–Crippen LogP) is 1.76. The summed E-state index contributed by atoms with van der Waals surface area (Å²) < 4.78 is 1.66. The summed E-state index contributed by atoms with van der Waals surface area (Å²) >= 11 is 0. The van der Waals surface area contributed by atoms with Crippen LogP contribution in [0.25, 0.3) is 5.65 Å². The lowest BCUT2D eigenvalue weighted by Gasteiger charge is -2.05. The molecule has 5 nitrogen and oxygen atoms in total. The number of rotatable bonds is 2. The monoisotopic (exact) mass is 254 g/mol. The van der Waals surface area contributed by atoms with Crippen LogP contribution in [-0.4, -0.2) is 20.5 Å². The van der Waals surface area contributed by atoms with Gasteiger partial charge in [0.05, 0.1) is 6.20 Å². The summed E-state index contributed by atoms with van der Waals surface area (Å²) in [4.78, 5) is 16.1. The Labute approximate surface area is 111 Å². The third kappa shape index (κ3) is 2.29. The van der Waals surface area contributed by atoms with Gasteiger partial charge in [-0.25, -0.2) is 9.50 Å². The number of carbonyl (C=O) groups is 1. The Hall–Kier alpha value is -2.35. The topological polar surface area (TPSA) is 59.3 Å². The van der Waals surface area contributed by atoms with Gasteiger partial charge >= 0.3 is 0 Å². The molecule has 0 unspecified atom stereocenters. The number of imidazole rings is 1. The molecule has 0 spiro atoms. The molecule has 1 saturated carbocycles. The number of nitrogens with zero attached hydrogens (tertiary/aromatic N) is 3. The maximum absolute atomic E-state index is 11.7. The lowest BCUT2D eigenvalue weighted by molar-refractivity contribution is -0.117. The molecule has 0 aromatic carbocycles. The molecule has 0 atom stereocenters. The summed E-state index contributed by atoms with van der Waals surface area (Å²) in [5.74, 6) is 6.50. The first-order valence-corrected chi connectivity index (χ1v) is 6.28. The van der Waals surface area contributed by atoms with Crippen LogP contribution in [0.3, 0.4) is 0 Å². The quantitative estimate of drug-likeness (QED) is 0.831. The standard InChI is InChI=1S/C14H14N4O/c1-3-4-11-8-18-13(15-11)9(2)7-12(17-18)16-14(19)10-5-6-10/h7-8,10H,5-6H2,1-2H3,(H,16,17,19). The van der Waals surface area contributed by atoms with E-state index in [2.05, 4.69) is 27.2 Å². The molecular formula is C14H14N4O. The van der Waals surface area contributed by atoms with Crippen LogP contribution in [0.4, 0.5) is 5.82 Å². The second-order valence-electron chi connectivity index (χ2n) is 4.75. The number of aryl methyl sites for hydroxylation is 1. The highest BCUT2D eigenvalue weighted by Gasteiger charge is 2.29. The van der Waals surface area contributed by atoms with E-state index in [-0.39, 0.29) is 11.8 Å². The smallest absolute Gasteiger partial charge is 0.228 e. The van der Waals surface area contributed by atoms with Gasteiger partial charge in [-0.1, -0.05) is 5.92 Å². The van der Waals surface area contributed by atoms with Crippen molar-refractivity contribution in [3.05, 3.63) is 23.5 Å². The van der Waals surface area contributed by atoms with E-state index in [9.17, 15) is 4.79 Å². The van der Waals surface area contributed by atoms with E-state index in [1.165, 1.54) is 0 Å². The third-order valence-corrected chi connectivity index (χ3v) is 3.06. The number of aromatic nitrogens is 3. The second-order valence-corrected chi connectivity index (χ2v) is 4.75. The Balaban J connectivity index is 1.97. The van der Waals surface area contributed by atoms with Gasteiger partial charge in [-0.3, -0.25) is 4.79 Å². The Morgan fingerprint density at radius 3 is 3.00 bits per heavy atom. The van der Waals surface area contributed by atoms with E-state index < -0.39 is 0 Å². The molecule has 2 heterocycles. The number of hydrogen-bond acceptors (Lipinski definition) is 3. The van der Waals surface area contributed by atoms with Crippen LogP contribution in [0.1, 0.15) is 31.0 Å². The Kier molecular flexibility index (Phi) is 2.71. The van der Waals surface area contributed by atoms with Crippen LogP contribution < -0.4 is 5.32 Å². The van der Waals surface area contributed by atoms with Crippen LogP contribution in [0.2, 0.25) is 0 Å². The number of anilines is 1. The molecule has 96 valence electrons. The second kappa shape index (κ2) is 4.39. The van der Waals surface area contributed by atoms with Gasteiger partial charge in [-0.05, 0) is 44.2 Å². The fraction of sp³-hybridized carbons (Fsp3) is 0.357. The number of fused-ring (bicyclic) bond motifs is 1. The maximum atomic E-state index is 11.7. The van der Waals surface area contributed by atoms with E-state index in [1.807, 2.05) is 13.0 Å². The molecule has 2 aromatic heterocycles. The molecule has 0 aliphatic heterocycles. The molecule has 1 fully saturated rings. The summed E-state index contributed by atoms with van der Waals surface area (Å²) in [7, 11) is 0. The highest BCUT2D eigenvalue weighted by atomic mass is 16.2. The van der Waals surface area contributed by atoms with Crippen LogP contribution in [-0.2, 0) is 4.79 Å². The highest BCUT2D eigenvalue weighted by molar-refractivity contribution is 5.93. The van der Waals surface area contributed by atoms with Gasteiger partial charge in [-0.2, -0.15) is 0 Å². The van der Waals surface area contributed by atoms with Crippen molar-refractivity contribution in [3.8, 4) is 11.8 Å².